The molecule has 0 bridgehead atoms. The Morgan fingerprint density at radius 2 is 1.89 bits per heavy atom. The van der Waals surface area contributed by atoms with Crippen molar-refractivity contribution in [3.8, 4) is 0 Å². The molecule has 0 atom stereocenters. The van der Waals surface area contributed by atoms with E-state index < -0.39 is 11.9 Å². The molecule has 0 saturated heterocycles. The molecule has 0 heterocycles. The molecule has 5 nitrogen and oxygen atoms in total. The zero-order valence-corrected chi connectivity index (χ0v) is 11.6. The highest BCUT2D eigenvalue weighted by Crippen LogP contribution is 2.12. The lowest BCUT2D eigenvalue weighted by molar-refractivity contribution is -0.124. The average molecular weight is 312 g/mol. The van der Waals surface area contributed by atoms with Gasteiger partial charge in [-0.1, -0.05) is 36.9 Å². The van der Waals surface area contributed by atoms with Gasteiger partial charge in [-0.15, -0.1) is 0 Å². The van der Waals surface area contributed by atoms with Gasteiger partial charge in [0.2, 0.25) is 0 Å². The third-order valence-corrected chi connectivity index (χ3v) is 2.53. The maximum atomic E-state index is 11.9. The van der Waals surface area contributed by atoms with Crippen molar-refractivity contribution in [2.45, 2.75) is 6.54 Å². The number of imide groups is 1. The summed E-state index contributed by atoms with van der Waals surface area (Å²) in [5.41, 5.74) is 0.829. The predicted octanol–water partition coefficient (Wildman–Crippen LogP) is 1.85. The molecule has 0 spiro atoms. The molecule has 6 heteroatoms. The first-order valence-corrected chi connectivity index (χ1v) is 5.95. The van der Waals surface area contributed by atoms with E-state index in [-0.39, 0.29) is 11.0 Å². The van der Waals surface area contributed by atoms with Crippen LogP contribution in [0.1, 0.15) is 5.56 Å². The maximum absolute atomic E-state index is 11.9. The van der Waals surface area contributed by atoms with E-state index in [1.165, 1.54) is 7.05 Å². The summed E-state index contributed by atoms with van der Waals surface area (Å²) >= 11 is 2.97. The van der Waals surface area contributed by atoms with Crippen LogP contribution >= 0.6 is 15.9 Å². The van der Waals surface area contributed by atoms with Crippen LogP contribution in [0, 0.1) is 0 Å². The Bertz CT molecular complexity index is 460. The van der Waals surface area contributed by atoms with Gasteiger partial charge >= 0.3 is 6.03 Å². The lowest BCUT2D eigenvalue weighted by Crippen LogP contribution is -2.47. The third kappa shape index (κ3) is 3.68. The van der Waals surface area contributed by atoms with Gasteiger partial charge in [-0.2, -0.15) is 0 Å². The predicted molar refractivity (Wildman–Crippen MR) is 72.4 cm³/mol. The normalized spacial score (nSPS) is 9.72. The first kappa shape index (κ1) is 14.4. The molecule has 1 aromatic rings. The summed E-state index contributed by atoms with van der Waals surface area (Å²) < 4.78 is 0.105. The number of carbonyl (C=O) groups is 2. The number of halogens is 1. The van der Waals surface area contributed by atoms with Crippen LogP contribution < -0.4 is 5.84 Å². The Hall–Kier alpha value is -1.66. The lowest BCUT2D eigenvalue weighted by Gasteiger charge is -2.23. The fourth-order valence-electron chi connectivity index (χ4n) is 1.33. The van der Waals surface area contributed by atoms with Gasteiger partial charge in [-0.25, -0.2) is 10.6 Å². The number of nitrogens with zero attached hydrogens (tertiary/aromatic N) is 2. The molecule has 0 aliphatic heterocycles. The molecule has 1 aromatic carbocycles. The van der Waals surface area contributed by atoms with Gasteiger partial charge in [-0.3, -0.25) is 14.7 Å². The zero-order valence-electron chi connectivity index (χ0n) is 9.97. The minimum atomic E-state index is -0.593. The highest BCUT2D eigenvalue weighted by atomic mass is 79.9. The van der Waals surface area contributed by atoms with Crippen LogP contribution in [0.4, 0.5) is 4.79 Å². The fourth-order valence-corrected chi connectivity index (χ4v) is 1.54. The smallest absolute Gasteiger partial charge is 0.268 e. The van der Waals surface area contributed by atoms with Crippen LogP contribution in [0.2, 0.25) is 0 Å². The molecule has 18 heavy (non-hydrogen) atoms. The van der Waals surface area contributed by atoms with Crippen molar-refractivity contribution in [2.75, 3.05) is 7.05 Å². The van der Waals surface area contributed by atoms with Gasteiger partial charge in [0.1, 0.15) is 0 Å². The summed E-state index contributed by atoms with van der Waals surface area (Å²) in [5.74, 6) is 4.86. The van der Waals surface area contributed by atoms with Crippen LogP contribution in [0.15, 0.2) is 41.4 Å². The maximum Gasteiger partial charge on any atom is 0.341 e. The molecule has 0 fully saturated rings. The van der Waals surface area contributed by atoms with Gasteiger partial charge in [0, 0.05) is 7.05 Å². The van der Waals surface area contributed by atoms with E-state index in [1.807, 2.05) is 30.3 Å². The van der Waals surface area contributed by atoms with Crippen molar-refractivity contribution >= 4 is 27.9 Å². The standard InChI is InChI=1S/C12H14BrN3O2/c1-9(13)11(17)16(12(18)15(2)14)8-10-6-4-3-5-7-10/h3-7H,1,8,14H2,2H3. The van der Waals surface area contributed by atoms with Crippen molar-refractivity contribution < 1.29 is 9.59 Å². The van der Waals surface area contributed by atoms with Gasteiger partial charge in [0.15, 0.2) is 0 Å². The van der Waals surface area contributed by atoms with E-state index in [2.05, 4.69) is 22.5 Å². The Morgan fingerprint density at radius 3 is 2.33 bits per heavy atom. The zero-order chi connectivity index (χ0) is 13.7. The second-order valence-electron chi connectivity index (χ2n) is 3.68. The minimum Gasteiger partial charge on any atom is -0.268 e. The molecule has 1 rings (SSSR count). The molecule has 3 amide bonds. The number of hydrogen-bond acceptors (Lipinski definition) is 3. The Morgan fingerprint density at radius 1 is 1.33 bits per heavy atom. The number of urea groups is 1. The number of rotatable bonds is 3. The molecule has 2 N–H and O–H groups in total. The van der Waals surface area contributed by atoms with Gasteiger partial charge in [-0.05, 0) is 21.5 Å². The quantitative estimate of drug-likeness (QED) is 0.401. The first-order chi connectivity index (χ1) is 8.43. The topological polar surface area (TPSA) is 66.6 Å². The summed E-state index contributed by atoms with van der Waals surface area (Å²) in [7, 11) is 1.38. The molecule has 0 unspecified atom stereocenters. The third-order valence-electron chi connectivity index (χ3n) is 2.19. The largest absolute Gasteiger partial charge is 0.341 e. The molecule has 0 aromatic heterocycles. The number of hydrazine groups is 1. The Balaban J connectivity index is 2.95. The van der Waals surface area contributed by atoms with E-state index in [0.29, 0.717) is 0 Å². The summed E-state index contributed by atoms with van der Waals surface area (Å²) in [4.78, 5) is 24.7. The SMILES string of the molecule is C=C(Br)C(=O)N(Cc1ccccc1)C(=O)N(C)N. The second-order valence-corrected chi connectivity index (χ2v) is 4.63. The van der Waals surface area contributed by atoms with Gasteiger partial charge in [0.25, 0.3) is 5.91 Å². The van der Waals surface area contributed by atoms with Crippen LogP contribution in [-0.2, 0) is 11.3 Å². The highest BCUT2D eigenvalue weighted by molar-refractivity contribution is 9.12. The first-order valence-electron chi connectivity index (χ1n) is 5.16. The summed E-state index contributed by atoms with van der Waals surface area (Å²) in [6.07, 6.45) is 0. The van der Waals surface area contributed by atoms with Crippen molar-refractivity contribution in [1.82, 2.24) is 9.91 Å². The average Bonchev–Trinajstić information content (AvgIpc) is 2.35. The van der Waals surface area contributed by atoms with Gasteiger partial charge in [0.05, 0.1) is 11.0 Å². The monoisotopic (exact) mass is 311 g/mol. The number of benzene rings is 1. The van der Waals surface area contributed by atoms with Crippen LogP contribution in [-0.4, -0.2) is 28.9 Å². The molecular formula is C12H14BrN3O2. The number of amides is 3. The Labute approximate surface area is 114 Å². The lowest BCUT2D eigenvalue weighted by atomic mass is 10.2. The van der Waals surface area contributed by atoms with Gasteiger partial charge < -0.3 is 0 Å². The van der Waals surface area contributed by atoms with Crippen molar-refractivity contribution in [3.05, 3.63) is 47.0 Å². The van der Waals surface area contributed by atoms with Crippen LogP contribution in [0.3, 0.4) is 0 Å². The van der Waals surface area contributed by atoms with E-state index in [9.17, 15) is 9.59 Å². The summed E-state index contributed by atoms with van der Waals surface area (Å²) in [6.45, 7) is 3.62. The van der Waals surface area contributed by atoms with Crippen LogP contribution in [0.5, 0.6) is 0 Å². The molecular weight excluding hydrogens is 298 g/mol. The van der Waals surface area contributed by atoms with E-state index in [4.69, 9.17) is 5.84 Å². The molecule has 0 aliphatic rings. The van der Waals surface area contributed by atoms with Crippen molar-refractivity contribution in [2.24, 2.45) is 5.84 Å². The Kier molecular flexibility index (Phi) is 5.06. The molecule has 0 saturated carbocycles. The van der Waals surface area contributed by atoms with Crippen LogP contribution in [0.25, 0.3) is 0 Å². The van der Waals surface area contributed by atoms with E-state index >= 15 is 0 Å². The van der Waals surface area contributed by atoms with Crippen molar-refractivity contribution in [3.63, 3.8) is 0 Å². The van der Waals surface area contributed by atoms with E-state index in [1.54, 1.807) is 0 Å². The summed E-state index contributed by atoms with van der Waals surface area (Å²) in [5, 5.41) is 0.858. The second kappa shape index (κ2) is 6.32. The molecule has 0 radical (unpaired) electrons. The molecule has 96 valence electrons. The minimum absolute atomic E-state index is 0.105. The number of carbonyl (C=O) groups excluding carboxylic acids is 2. The highest BCUT2D eigenvalue weighted by Gasteiger charge is 2.24. The fraction of sp³-hybridized carbons (Fsp3) is 0.167. The summed E-state index contributed by atoms with van der Waals surface area (Å²) in [6, 6.07) is 8.57. The van der Waals surface area contributed by atoms with Crippen molar-refractivity contribution in [1.29, 1.82) is 0 Å². The number of nitrogens with two attached hydrogens (primary N) is 1. The number of hydrogen-bond donors (Lipinski definition) is 1. The van der Waals surface area contributed by atoms with E-state index in [0.717, 1.165) is 15.5 Å². The molecule has 0 aliphatic carbocycles.